The number of nitrogens with zero attached hydrogens (tertiary/aromatic N) is 2. The van der Waals surface area contributed by atoms with Crippen molar-refractivity contribution in [3.05, 3.63) is 57.0 Å². The highest BCUT2D eigenvalue weighted by Crippen LogP contribution is 2.25. The van der Waals surface area contributed by atoms with Gasteiger partial charge in [0, 0.05) is 36.3 Å². The van der Waals surface area contributed by atoms with E-state index in [2.05, 4.69) is 36.4 Å². The van der Waals surface area contributed by atoms with Gasteiger partial charge in [0.25, 0.3) is 0 Å². The van der Waals surface area contributed by atoms with Gasteiger partial charge in [-0.05, 0) is 43.2 Å². The van der Waals surface area contributed by atoms with Gasteiger partial charge < -0.3 is 10.6 Å². The van der Waals surface area contributed by atoms with Crippen molar-refractivity contribution in [1.29, 1.82) is 0 Å². The number of carbonyl (C=O) groups excluding carboxylic acids is 2. The molecule has 30 heavy (non-hydrogen) atoms. The van der Waals surface area contributed by atoms with Crippen LogP contribution in [-0.2, 0) is 9.59 Å². The Hall–Kier alpha value is -1.93. The second-order valence-electron chi connectivity index (χ2n) is 7.54. The van der Waals surface area contributed by atoms with Crippen LogP contribution in [0.2, 0.25) is 5.02 Å². The molecule has 1 saturated heterocycles. The average molecular weight is 494 g/mol. The largest absolute Gasteiger partial charge is 0.324 e. The number of nitrogens with one attached hydrogen (secondary N) is 2. The van der Waals surface area contributed by atoms with Crippen LogP contribution < -0.4 is 10.6 Å². The molecule has 2 aromatic carbocycles. The summed E-state index contributed by atoms with van der Waals surface area (Å²) in [7, 11) is 0. The molecule has 3 rings (SSSR count). The predicted molar refractivity (Wildman–Crippen MR) is 125 cm³/mol. The summed E-state index contributed by atoms with van der Waals surface area (Å²) >= 11 is 9.51. The van der Waals surface area contributed by atoms with Crippen LogP contribution in [-0.4, -0.2) is 60.9 Å². The van der Waals surface area contributed by atoms with Crippen LogP contribution in [0.4, 0.5) is 11.4 Å². The lowest BCUT2D eigenvalue weighted by Gasteiger charge is -2.33. The van der Waals surface area contributed by atoms with E-state index in [0.29, 0.717) is 23.8 Å². The van der Waals surface area contributed by atoms with Crippen molar-refractivity contribution < 1.29 is 9.59 Å². The van der Waals surface area contributed by atoms with E-state index >= 15 is 0 Å². The van der Waals surface area contributed by atoms with Crippen LogP contribution in [0, 0.1) is 13.8 Å². The fourth-order valence-electron chi connectivity index (χ4n) is 3.48. The average Bonchev–Trinajstić information content (AvgIpc) is 2.69. The van der Waals surface area contributed by atoms with E-state index in [1.807, 2.05) is 38.1 Å². The van der Waals surface area contributed by atoms with Crippen molar-refractivity contribution >= 4 is 50.7 Å². The highest BCUT2D eigenvalue weighted by molar-refractivity contribution is 9.10. The lowest BCUT2D eigenvalue weighted by atomic mass is 10.1. The fourth-order valence-corrected chi connectivity index (χ4v) is 4.20. The zero-order valence-electron chi connectivity index (χ0n) is 17.2. The molecular formula is C22H26BrClN4O2. The molecule has 2 amide bonds. The fraction of sp³-hybridized carbons (Fsp3) is 0.364. The first-order valence-electron chi connectivity index (χ1n) is 9.87. The number of hydrogen-bond acceptors (Lipinski definition) is 4. The summed E-state index contributed by atoms with van der Waals surface area (Å²) in [6, 6.07) is 11.3. The number of piperazine rings is 1. The second kappa shape index (κ2) is 10.4. The lowest BCUT2D eigenvalue weighted by Crippen LogP contribution is -2.50. The van der Waals surface area contributed by atoms with E-state index in [9.17, 15) is 9.59 Å². The Morgan fingerprint density at radius 2 is 1.47 bits per heavy atom. The maximum absolute atomic E-state index is 12.5. The highest BCUT2D eigenvalue weighted by Gasteiger charge is 2.21. The van der Waals surface area contributed by atoms with Crippen LogP contribution in [0.25, 0.3) is 0 Å². The third-order valence-electron chi connectivity index (χ3n) is 5.15. The van der Waals surface area contributed by atoms with Crippen molar-refractivity contribution in [2.45, 2.75) is 13.8 Å². The molecule has 0 bridgehead atoms. The first-order valence-corrected chi connectivity index (χ1v) is 11.0. The molecule has 1 aliphatic rings. The van der Waals surface area contributed by atoms with Crippen LogP contribution in [0.5, 0.6) is 0 Å². The van der Waals surface area contributed by atoms with Gasteiger partial charge in [-0.15, -0.1) is 0 Å². The summed E-state index contributed by atoms with van der Waals surface area (Å²) < 4.78 is 0.864. The van der Waals surface area contributed by atoms with Gasteiger partial charge in [-0.3, -0.25) is 19.4 Å². The number of anilines is 2. The summed E-state index contributed by atoms with van der Waals surface area (Å²) in [6.45, 7) is 7.59. The molecule has 0 aliphatic carbocycles. The van der Waals surface area contributed by atoms with Gasteiger partial charge in [0.15, 0.2) is 0 Å². The quantitative estimate of drug-likeness (QED) is 0.640. The van der Waals surface area contributed by atoms with Crippen LogP contribution in [0.3, 0.4) is 0 Å². The van der Waals surface area contributed by atoms with Crippen LogP contribution >= 0.6 is 27.5 Å². The number of halogens is 2. The van der Waals surface area contributed by atoms with Gasteiger partial charge in [-0.2, -0.15) is 0 Å². The third-order valence-corrected chi connectivity index (χ3v) is 5.96. The van der Waals surface area contributed by atoms with Gasteiger partial charge >= 0.3 is 0 Å². The third kappa shape index (κ3) is 6.28. The molecule has 6 nitrogen and oxygen atoms in total. The molecule has 1 heterocycles. The minimum atomic E-state index is -0.0968. The molecule has 2 aromatic rings. The predicted octanol–water partition coefficient (Wildman–Crippen LogP) is 3.91. The topological polar surface area (TPSA) is 64.7 Å². The van der Waals surface area contributed by atoms with Gasteiger partial charge in [-0.1, -0.05) is 45.7 Å². The lowest BCUT2D eigenvalue weighted by molar-refractivity contribution is -0.120. The number of benzene rings is 2. The van der Waals surface area contributed by atoms with Gasteiger partial charge in [0.2, 0.25) is 11.8 Å². The molecule has 2 N–H and O–H groups in total. The van der Waals surface area contributed by atoms with E-state index in [1.165, 1.54) is 0 Å². The Kier molecular flexibility index (Phi) is 7.88. The number of rotatable bonds is 6. The zero-order chi connectivity index (χ0) is 21.7. The summed E-state index contributed by atoms with van der Waals surface area (Å²) in [6.07, 6.45) is 0. The Morgan fingerprint density at radius 3 is 2.00 bits per heavy atom. The number of hydrogen-bond donors (Lipinski definition) is 2. The Balaban J connectivity index is 1.43. The molecule has 1 aliphatic heterocycles. The van der Waals surface area contributed by atoms with Gasteiger partial charge in [0.05, 0.1) is 23.8 Å². The maximum atomic E-state index is 12.5. The molecule has 0 unspecified atom stereocenters. The summed E-state index contributed by atoms with van der Waals surface area (Å²) in [5, 5.41) is 6.38. The molecular weight excluding hydrogens is 468 g/mol. The first-order chi connectivity index (χ1) is 14.3. The normalized spacial score (nSPS) is 15.1. The van der Waals surface area contributed by atoms with Crippen molar-refractivity contribution in [2.75, 3.05) is 49.9 Å². The minimum Gasteiger partial charge on any atom is -0.324 e. The summed E-state index contributed by atoms with van der Waals surface area (Å²) in [5.74, 6) is -0.107. The minimum absolute atomic E-state index is 0.0107. The zero-order valence-corrected chi connectivity index (χ0v) is 19.5. The SMILES string of the molecule is Cc1cccc(C)c1NC(=O)CN1CCN(CC(=O)Nc2ccc(Br)cc2Cl)CC1. The molecule has 8 heteroatoms. The molecule has 0 spiro atoms. The van der Waals surface area contributed by atoms with E-state index in [0.717, 1.165) is 47.5 Å². The van der Waals surface area contributed by atoms with Crippen molar-refractivity contribution in [3.63, 3.8) is 0 Å². The number of carbonyl (C=O) groups is 2. The first kappa shape index (κ1) is 22.7. The molecule has 0 aromatic heterocycles. The van der Waals surface area contributed by atoms with E-state index in [4.69, 9.17) is 11.6 Å². The molecule has 0 saturated carbocycles. The van der Waals surface area contributed by atoms with Crippen molar-refractivity contribution in [3.8, 4) is 0 Å². The Morgan fingerprint density at radius 1 is 0.933 bits per heavy atom. The monoisotopic (exact) mass is 492 g/mol. The summed E-state index contributed by atoms with van der Waals surface area (Å²) in [4.78, 5) is 29.0. The van der Waals surface area contributed by atoms with E-state index < -0.39 is 0 Å². The van der Waals surface area contributed by atoms with Crippen LogP contribution in [0.15, 0.2) is 40.9 Å². The maximum Gasteiger partial charge on any atom is 0.238 e. The smallest absolute Gasteiger partial charge is 0.238 e. The van der Waals surface area contributed by atoms with Gasteiger partial charge in [0.1, 0.15) is 0 Å². The molecule has 1 fully saturated rings. The molecule has 0 radical (unpaired) electrons. The molecule has 160 valence electrons. The molecule has 0 atom stereocenters. The van der Waals surface area contributed by atoms with E-state index in [-0.39, 0.29) is 11.8 Å². The van der Waals surface area contributed by atoms with E-state index in [1.54, 1.807) is 12.1 Å². The van der Waals surface area contributed by atoms with Gasteiger partial charge in [-0.25, -0.2) is 0 Å². The summed E-state index contributed by atoms with van der Waals surface area (Å²) in [5.41, 5.74) is 3.62. The van der Waals surface area contributed by atoms with Crippen LogP contribution in [0.1, 0.15) is 11.1 Å². The number of amides is 2. The second-order valence-corrected chi connectivity index (χ2v) is 8.86. The number of aryl methyl sites for hydroxylation is 2. The Bertz CT molecular complexity index is 909. The highest BCUT2D eigenvalue weighted by atomic mass is 79.9. The number of para-hydroxylation sites is 1. The Labute approximate surface area is 190 Å². The van der Waals surface area contributed by atoms with Crippen molar-refractivity contribution in [1.82, 2.24) is 9.80 Å². The van der Waals surface area contributed by atoms with Crippen molar-refractivity contribution in [2.24, 2.45) is 0 Å². The standard InChI is InChI=1S/C22H26BrClN4O2/c1-15-4-3-5-16(2)22(15)26-21(30)14-28-10-8-27(9-11-28)13-20(29)25-19-7-6-17(23)12-18(19)24/h3-7,12H,8-11,13-14H2,1-2H3,(H,25,29)(H,26,30).